The van der Waals surface area contributed by atoms with E-state index in [9.17, 15) is 9.59 Å². The molecule has 9 heteroatoms. The van der Waals surface area contributed by atoms with Gasteiger partial charge in [-0.25, -0.2) is 4.68 Å². The molecule has 0 aliphatic carbocycles. The number of rotatable bonds is 5. The standard InChI is InChI=1S/C21H28N6O2.ClH/c1-15-19(24-25-27(15)17-8-3-2-4-9-17)21(29)26-12-6-7-16(14-26)13-23-20(28)18-10-5-11-22-18;/h2-4,8-9,16,18,22H,5-7,10-14H2,1H3,(H,23,28);1H. The second-order valence-corrected chi connectivity index (χ2v) is 7.92. The molecule has 1 aromatic heterocycles. The highest BCUT2D eigenvalue weighted by Crippen LogP contribution is 2.20. The van der Waals surface area contributed by atoms with Crippen LogP contribution in [0.5, 0.6) is 0 Å². The number of likely N-dealkylation sites (tertiary alicyclic amines) is 1. The van der Waals surface area contributed by atoms with Gasteiger partial charge in [-0.1, -0.05) is 23.4 Å². The van der Waals surface area contributed by atoms with Crippen LogP contribution >= 0.6 is 12.4 Å². The van der Waals surface area contributed by atoms with Crippen molar-refractivity contribution < 1.29 is 9.59 Å². The van der Waals surface area contributed by atoms with Crippen LogP contribution in [0.1, 0.15) is 41.9 Å². The fourth-order valence-corrected chi connectivity index (χ4v) is 4.18. The summed E-state index contributed by atoms with van der Waals surface area (Å²) in [6.07, 6.45) is 3.89. The number of para-hydroxylation sites is 1. The molecule has 2 amide bonds. The van der Waals surface area contributed by atoms with Gasteiger partial charge in [-0.2, -0.15) is 0 Å². The maximum Gasteiger partial charge on any atom is 0.276 e. The predicted molar refractivity (Wildman–Crippen MR) is 116 cm³/mol. The Hall–Kier alpha value is -2.45. The molecular weight excluding hydrogens is 404 g/mol. The number of halogens is 1. The molecule has 0 saturated carbocycles. The molecule has 3 heterocycles. The lowest BCUT2D eigenvalue weighted by Gasteiger charge is -2.32. The van der Waals surface area contributed by atoms with Crippen molar-refractivity contribution in [2.45, 2.75) is 38.6 Å². The van der Waals surface area contributed by atoms with Crippen LogP contribution in [0.3, 0.4) is 0 Å². The third kappa shape index (κ3) is 4.82. The molecule has 2 atom stereocenters. The maximum atomic E-state index is 13.1. The van der Waals surface area contributed by atoms with Gasteiger partial charge in [0.1, 0.15) is 0 Å². The highest BCUT2D eigenvalue weighted by molar-refractivity contribution is 5.93. The van der Waals surface area contributed by atoms with Crippen LogP contribution in [-0.2, 0) is 4.79 Å². The Labute approximate surface area is 182 Å². The molecule has 0 radical (unpaired) electrons. The van der Waals surface area contributed by atoms with Crippen molar-refractivity contribution >= 4 is 24.2 Å². The number of piperidine rings is 1. The number of nitrogens with zero attached hydrogens (tertiary/aromatic N) is 4. The fourth-order valence-electron chi connectivity index (χ4n) is 4.18. The van der Waals surface area contributed by atoms with Gasteiger partial charge in [0.15, 0.2) is 5.69 Å². The molecule has 2 unspecified atom stereocenters. The van der Waals surface area contributed by atoms with Gasteiger partial charge >= 0.3 is 0 Å². The van der Waals surface area contributed by atoms with Crippen molar-refractivity contribution in [2.24, 2.45) is 5.92 Å². The van der Waals surface area contributed by atoms with Crippen LogP contribution in [0.4, 0.5) is 0 Å². The van der Waals surface area contributed by atoms with Gasteiger partial charge in [0.25, 0.3) is 5.91 Å². The van der Waals surface area contributed by atoms with Crippen molar-refractivity contribution in [1.29, 1.82) is 0 Å². The first-order valence-electron chi connectivity index (χ1n) is 10.4. The summed E-state index contributed by atoms with van der Waals surface area (Å²) >= 11 is 0. The summed E-state index contributed by atoms with van der Waals surface area (Å²) in [4.78, 5) is 27.2. The van der Waals surface area contributed by atoms with Crippen molar-refractivity contribution in [1.82, 2.24) is 30.5 Å². The number of carbonyl (C=O) groups excluding carboxylic acids is 2. The summed E-state index contributed by atoms with van der Waals surface area (Å²) in [5.74, 6) is 0.258. The van der Waals surface area contributed by atoms with E-state index < -0.39 is 0 Å². The minimum absolute atomic E-state index is 0. The zero-order chi connectivity index (χ0) is 20.2. The molecule has 0 bridgehead atoms. The Bertz CT molecular complexity index is 866. The summed E-state index contributed by atoms with van der Waals surface area (Å²) < 4.78 is 1.70. The third-order valence-corrected chi connectivity index (χ3v) is 5.85. The first kappa shape index (κ1) is 22.2. The molecule has 2 N–H and O–H groups in total. The van der Waals surface area contributed by atoms with Gasteiger partial charge in [-0.3, -0.25) is 9.59 Å². The first-order chi connectivity index (χ1) is 14.1. The Balaban J connectivity index is 0.00000256. The van der Waals surface area contributed by atoms with E-state index in [0.717, 1.165) is 43.6 Å². The molecule has 2 fully saturated rings. The molecule has 162 valence electrons. The van der Waals surface area contributed by atoms with Crippen molar-refractivity contribution in [3.05, 3.63) is 41.7 Å². The zero-order valence-electron chi connectivity index (χ0n) is 17.2. The zero-order valence-corrected chi connectivity index (χ0v) is 18.0. The Kier molecular flexibility index (Phi) is 7.44. The maximum absolute atomic E-state index is 13.1. The first-order valence-corrected chi connectivity index (χ1v) is 10.4. The number of hydrogen-bond donors (Lipinski definition) is 2. The monoisotopic (exact) mass is 432 g/mol. The normalized spacial score (nSPS) is 21.2. The van der Waals surface area contributed by atoms with Crippen molar-refractivity contribution in [3.8, 4) is 5.69 Å². The summed E-state index contributed by atoms with van der Waals surface area (Å²) in [5, 5.41) is 14.6. The minimum atomic E-state index is -0.0850. The van der Waals surface area contributed by atoms with Gasteiger partial charge in [0, 0.05) is 19.6 Å². The number of amides is 2. The number of aromatic nitrogens is 3. The highest BCUT2D eigenvalue weighted by Gasteiger charge is 2.29. The molecule has 2 aliphatic heterocycles. The lowest BCUT2D eigenvalue weighted by Crippen LogP contribution is -2.46. The number of hydrogen-bond acceptors (Lipinski definition) is 5. The molecule has 2 saturated heterocycles. The average Bonchev–Trinajstić information content (AvgIpc) is 3.42. The highest BCUT2D eigenvalue weighted by atomic mass is 35.5. The van der Waals surface area contributed by atoms with Gasteiger partial charge in [0.05, 0.1) is 17.4 Å². The molecule has 2 aliphatic rings. The van der Waals surface area contributed by atoms with E-state index in [0.29, 0.717) is 25.3 Å². The van der Waals surface area contributed by atoms with E-state index in [1.165, 1.54) is 0 Å². The van der Waals surface area contributed by atoms with Crippen LogP contribution < -0.4 is 10.6 Å². The van der Waals surface area contributed by atoms with Crippen LogP contribution in [0.2, 0.25) is 0 Å². The Morgan fingerprint density at radius 3 is 2.73 bits per heavy atom. The molecule has 4 rings (SSSR count). The molecule has 2 aromatic rings. The number of benzene rings is 1. The molecule has 30 heavy (non-hydrogen) atoms. The molecule has 0 spiro atoms. The summed E-state index contributed by atoms with van der Waals surface area (Å²) in [6.45, 7) is 4.74. The van der Waals surface area contributed by atoms with E-state index in [1.807, 2.05) is 42.2 Å². The molecular formula is C21H29ClN6O2. The smallest absolute Gasteiger partial charge is 0.276 e. The van der Waals surface area contributed by atoms with E-state index in [1.54, 1.807) is 4.68 Å². The molecule has 8 nitrogen and oxygen atoms in total. The van der Waals surface area contributed by atoms with Crippen LogP contribution in [-0.4, -0.2) is 63.9 Å². The van der Waals surface area contributed by atoms with Crippen LogP contribution in [0.25, 0.3) is 5.69 Å². The minimum Gasteiger partial charge on any atom is -0.354 e. The predicted octanol–water partition coefficient (Wildman–Crippen LogP) is 1.72. The second-order valence-electron chi connectivity index (χ2n) is 7.92. The van der Waals surface area contributed by atoms with Crippen LogP contribution in [0, 0.1) is 12.8 Å². The van der Waals surface area contributed by atoms with E-state index in [2.05, 4.69) is 20.9 Å². The van der Waals surface area contributed by atoms with Crippen LogP contribution in [0.15, 0.2) is 30.3 Å². The lowest BCUT2D eigenvalue weighted by atomic mass is 9.97. The average molecular weight is 433 g/mol. The van der Waals surface area contributed by atoms with Gasteiger partial charge in [-0.15, -0.1) is 17.5 Å². The summed E-state index contributed by atoms with van der Waals surface area (Å²) in [5.41, 5.74) is 2.02. The summed E-state index contributed by atoms with van der Waals surface area (Å²) in [7, 11) is 0. The largest absolute Gasteiger partial charge is 0.354 e. The quantitative estimate of drug-likeness (QED) is 0.750. The second kappa shape index (κ2) is 10.0. The van der Waals surface area contributed by atoms with E-state index in [4.69, 9.17) is 0 Å². The Morgan fingerprint density at radius 1 is 1.20 bits per heavy atom. The van der Waals surface area contributed by atoms with E-state index >= 15 is 0 Å². The lowest BCUT2D eigenvalue weighted by molar-refractivity contribution is -0.123. The van der Waals surface area contributed by atoms with Gasteiger partial charge < -0.3 is 15.5 Å². The Morgan fingerprint density at radius 2 is 2.00 bits per heavy atom. The van der Waals surface area contributed by atoms with Crippen molar-refractivity contribution in [2.75, 3.05) is 26.2 Å². The fraction of sp³-hybridized carbons (Fsp3) is 0.524. The van der Waals surface area contributed by atoms with Crippen molar-refractivity contribution in [3.63, 3.8) is 0 Å². The SMILES string of the molecule is Cc1c(C(=O)N2CCCC(CNC(=O)C3CCCN3)C2)nnn1-c1ccccc1.Cl. The number of nitrogens with one attached hydrogen (secondary N) is 2. The van der Waals surface area contributed by atoms with Gasteiger partial charge in [-0.05, 0) is 57.2 Å². The third-order valence-electron chi connectivity index (χ3n) is 5.85. The number of carbonyl (C=O) groups is 2. The summed E-state index contributed by atoms with van der Waals surface area (Å²) in [6, 6.07) is 9.62. The molecule has 1 aromatic carbocycles. The van der Waals surface area contributed by atoms with Gasteiger partial charge in [0.2, 0.25) is 5.91 Å². The van der Waals surface area contributed by atoms with E-state index in [-0.39, 0.29) is 36.2 Å². The topological polar surface area (TPSA) is 92.2 Å².